The molecule has 7 heterocycles. The standard InChI is InChI=1S/C55H67ClF2N12O3/c1-32-26-68(53-60-24-37(25-61-53)50(72)63-51-54(4,5)52(55(51,6)7)73-39-12-11-36(23-59)44(56)21-39)27-33(2)42(32)28-66-17-13-38(14-18-66)70-46-15-19-67(34(3)71)29-43(46)49(64-70)69-16-9-10-35-20-40(45-30-65(8)31-62-45)41(48(57)58)22-47(35)69/h11-12,20-22,24-25,30-33,38,42,48,51-52H,9-10,13-19,26-29H2,1-8H3,(H,63,72). The van der Waals surface area contributed by atoms with E-state index >= 15 is 0 Å². The number of amides is 2. The molecule has 15 nitrogen and oxygen atoms in total. The lowest BCUT2D eigenvalue weighted by molar-refractivity contribution is -0.164. The molecule has 3 fully saturated rings. The number of nitriles is 1. The van der Waals surface area contributed by atoms with Gasteiger partial charge in [-0.05, 0) is 73.3 Å². The van der Waals surface area contributed by atoms with Gasteiger partial charge in [0, 0.05) is 136 Å². The summed E-state index contributed by atoms with van der Waals surface area (Å²) in [6, 6.07) is 10.7. The Morgan fingerprint density at radius 3 is 2.32 bits per heavy atom. The van der Waals surface area contributed by atoms with E-state index in [-0.39, 0.29) is 35.6 Å². The summed E-state index contributed by atoms with van der Waals surface area (Å²) >= 11 is 6.29. The van der Waals surface area contributed by atoms with E-state index in [4.69, 9.17) is 31.4 Å². The van der Waals surface area contributed by atoms with E-state index in [1.165, 1.54) is 0 Å². The van der Waals surface area contributed by atoms with Gasteiger partial charge in [0.1, 0.15) is 17.9 Å². The average molecular weight is 1020 g/mol. The van der Waals surface area contributed by atoms with E-state index in [2.05, 4.69) is 77.3 Å². The fourth-order valence-electron chi connectivity index (χ4n) is 13.2. The largest absolute Gasteiger partial charge is 0.489 e. The predicted molar refractivity (Wildman–Crippen MR) is 276 cm³/mol. The van der Waals surface area contributed by atoms with Crippen LogP contribution in [0.25, 0.3) is 11.3 Å². The number of hydrogen-bond acceptors (Lipinski definition) is 11. The van der Waals surface area contributed by atoms with E-state index in [9.17, 15) is 23.6 Å². The zero-order valence-corrected chi connectivity index (χ0v) is 44.0. The van der Waals surface area contributed by atoms with Crippen LogP contribution in [0.5, 0.6) is 5.75 Å². The van der Waals surface area contributed by atoms with Gasteiger partial charge < -0.3 is 34.2 Å². The molecule has 0 bridgehead atoms. The number of aromatic nitrogens is 6. The summed E-state index contributed by atoms with van der Waals surface area (Å²) in [5.41, 5.74) is 4.88. The Hall–Kier alpha value is -6.12. The minimum absolute atomic E-state index is 0.0186. The van der Waals surface area contributed by atoms with Gasteiger partial charge in [-0.25, -0.2) is 23.7 Å². The third-order valence-corrected chi connectivity index (χ3v) is 17.1. The fourth-order valence-corrected chi connectivity index (χ4v) is 13.4. The van der Waals surface area contributed by atoms with Crippen LogP contribution in [0.3, 0.4) is 0 Å². The molecule has 1 aliphatic carbocycles. The molecule has 386 valence electrons. The van der Waals surface area contributed by atoms with Crippen molar-refractivity contribution in [3.63, 3.8) is 0 Å². The van der Waals surface area contributed by atoms with Gasteiger partial charge in [0.25, 0.3) is 12.3 Å². The first-order valence-corrected chi connectivity index (χ1v) is 26.2. The molecule has 2 aromatic carbocycles. The SMILES string of the molecule is CC(=O)N1CCc2c(c(N3CCCc4cc(-c5cn(C)cn5)c(C(F)F)cc43)nn2C2CCN(CC3C(C)CN(c4ncc(C(=O)NC5C(C)(C)C(Oc6ccc(C#N)c(Cl)c6)C5(C)C)cn4)CC3C)CC2)C1. The average Bonchev–Trinajstić information content (AvgIpc) is 3.98. The molecule has 2 unspecified atom stereocenters. The number of imidazole rings is 1. The highest BCUT2D eigenvalue weighted by Crippen LogP contribution is 2.56. The van der Waals surface area contributed by atoms with Crippen LogP contribution >= 0.6 is 11.6 Å². The summed E-state index contributed by atoms with van der Waals surface area (Å²) in [5.74, 6) is 3.01. The maximum absolute atomic E-state index is 14.8. The van der Waals surface area contributed by atoms with Crippen LogP contribution in [0.1, 0.15) is 119 Å². The zero-order chi connectivity index (χ0) is 51.7. The normalized spacial score (nSPS) is 23.9. The first kappa shape index (κ1) is 50.4. The number of fused-ring (bicyclic) bond motifs is 2. The van der Waals surface area contributed by atoms with E-state index < -0.39 is 17.3 Å². The van der Waals surface area contributed by atoms with Crippen molar-refractivity contribution < 1.29 is 23.1 Å². The number of rotatable bonds is 11. The summed E-state index contributed by atoms with van der Waals surface area (Å²) in [6.45, 7) is 20.8. The molecule has 0 spiro atoms. The number of benzene rings is 2. The predicted octanol–water partition coefficient (Wildman–Crippen LogP) is 9.18. The summed E-state index contributed by atoms with van der Waals surface area (Å²) in [5, 5.41) is 18.3. The van der Waals surface area contributed by atoms with Crippen LogP contribution in [0.15, 0.2) is 55.2 Å². The number of likely N-dealkylation sites (tertiary alicyclic amines) is 1. The summed E-state index contributed by atoms with van der Waals surface area (Å²) < 4.78 is 40.1. The minimum Gasteiger partial charge on any atom is -0.489 e. The van der Waals surface area contributed by atoms with Crippen molar-refractivity contribution in [2.75, 3.05) is 55.6 Å². The van der Waals surface area contributed by atoms with Gasteiger partial charge in [0.05, 0.1) is 40.8 Å². The lowest BCUT2D eigenvalue weighted by Gasteiger charge is -2.63. The summed E-state index contributed by atoms with van der Waals surface area (Å²) in [6.07, 6.45) is 7.98. The Labute approximate surface area is 431 Å². The number of anilines is 3. The quantitative estimate of drug-likeness (QED) is 0.135. The zero-order valence-electron chi connectivity index (χ0n) is 43.2. The molecule has 5 aromatic rings. The number of nitrogens with zero attached hydrogens (tertiary/aromatic N) is 11. The number of alkyl halides is 2. The molecule has 2 atom stereocenters. The van der Waals surface area contributed by atoms with Crippen molar-refractivity contribution >= 4 is 40.9 Å². The van der Waals surface area contributed by atoms with Crippen molar-refractivity contribution in [2.45, 2.75) is 112 Å². The van der Waals surface area contributed by atoms with Crippen LogP contribution in [-0.2, 0) is 31.2 Å². The molecule has 73 heavy (non-hydrogen) atoms. The molecule has 2 amide bonds. The van der Waals surface area contributed by atoms with Gasteiger partial charge in [0.15, 0.2) is 5.82 Å². The van der Waals surface area contributed by atoms with Gasteiger partial charge in [-0.3, -0.25) is 14.3 Å². The van der Waals surface area contributed by atoms with Crippen LogP contribution in [0, 0.1) is 39.9 Å². The second-order valence-electron chi connectivity index (χ2n) is 22.6. The molecule has 2 saturated heterocycles. The monoisotopic (exact) mass is 1020 g/mol. The Balaban J connectivity index is 0.769. The van der Waals surface area contributed by atoms with Crippen LogP contribution in [0.4, 0.5) is 26.2 Å². The Kier molecular flexibility index (Phi) is 13.6. The molecular weight excluding hydrogens is 950 g/mol. The summed E-state index contributed by atoms with van der Waals surface area (Å²) in [7, 11) is 1.84. The molecule has 10 rings (SSSR count). The van der Waals surface area contributed by atoms with Crippen molar-refractivity contribution in [1.29, 1.82) is 5.26 Å². The topological polar surface area (TPSA) is 154 Å². The molecule has 0 radical (unpaired) electrons. The lowest BCUT2D eigenvalue weighted by atomic mass is 9.49. The maximum Gasteiger partial charge on any atom is 0.264 e. The number of halogens is 3. The molecule has 3 aromatic heterocycles. The molecule has 18 heteroatoms. The third-order valence-electron chi connectivity index (χ3n) is 16.8. The second-order valence-corrected chi connectivity index (χ2v) is 23.0. The Bertz CT molecular complexity index is 2910. The van der Waals surface area contributed by atoms with Crippen molar-refractivity contribution in [1.82, 2.24) is 44.4 Å². The second kappa shape index (κ2) is 19.6. The van der Waals surface area contributed by atoms with E-state index in [0.29, 0.717) is 82.9 Å². The highest BCUT2D eigenvalue weighted by atomic mass is 35.5. The van der Waals surface area contributed by atoms with Crippen LogP contribution < -0.4 is 19.9 Å². The van der Waals surface area contributed by atoms with Gasteiger partial charge in [-0.15, -0.1) is 0 Å². The number of carbonyl (C=O) groups excluding carboxylic acids is 2. The molecule has 5 aliphatic rings. The smallest absolute Gasteiger partial charge is 0.264 e. The summed E-state index contributed by atoms with van der Waals surface area (Å²) in [4.78, 5) is 49.1. The number of ether oxygens (including phenoxy) is 1. The van der Waals surface area contributed by atoms with Crippen molar-refractivity contribution in [3.8, 4) is 23.1 Å². The number of piperidine rings is 2. The molecule has 1 N–H and O–H groups in total. The van der Waals surface area contributed by atoms with Gasteiger partial charge >= 0.3 is 0 Å². The number of nitrogens with one attached hydrogen (secondary N) is 1. The molecule has 1 saturated carbocycles. The van der Waals surface area contributed by atoms with Crippen molar-refractivity contribution in [3.05, 3.63) is 93.8 Å². The highest BCUT2D eigenvalue weighted by Gasteiger charge is 2.64. The Morgan fingerprint density at radius 1 is 0.973 bits per heavy atom. The first-order chi connectivity index (χ1) is 34.8. The van der Waals surface area contributed by atoms with Crippen molar-refractivity contribution in [2.24, 2.45) is 35.6 Å². The first-order valence-electron chi connectivity index (χ1n) is 25.8. The maximum atomic E-state index is 14.8. The van der Waals surface area contributed by atoms with E-state index in [0.717, 1.165) is 86.7 Å². The highest BCUT2D eigenvalue weighted by molar-refractivity contribution is 6.31. The minimum atomic E-state index is -2.68. The van der Waals surface area contributed by atoms with Crippen LogP contribution in [0.2, 0.25) is 5.02 Å². The van der Waals surface area contributed by atoms with Gasteiger partial charge in [-0.2, -0.15) is 10.4 Å². The number of aryl methyl sites for hydroxylation is 2. The van der Waals surface area contributed by atoms with E-state index in [1.807, 2.05) is 18.0 Å². The number of hydrogen-bond donors (Lipinski definition) is 1. The van der Waals surface area contributed by atoms with E-state index in [1.54, 1.807) is 60.7 Å². The van der Waals surface area contributed by atoms with Crippen LogP contribution in [-0.4, -0.2) is 109 Å². The lowest BCUT2D eigenvalue weighted by Crippen LogP contribution is -2.74. The number of carbonyl (C=O) groups is 2. The fraction of sp³-hybridized carbons (Fsp3) is 0.545. The van der Waals surface area contributed by atoms with Gasteiger partial charge in [-0.1, -0.05) is 53.1 Å². The third kappa shape index (κ3) is 9.43. The van der Waals surface area contributed by atoms with Gasteiger partial charge in [0.2, 0.25) is 11.9 Å². The molecule has 4 aliphatic heterocycles. The Morgan fingerprint density at radius 2 is 1.68 bits per heavy atom. The molecular formula is C55H67ClF2N12O3.